The Morgan fingerprint density at radius 3 is 2.36 bits per heavy atom. The van der Waals surface area contributed by atoms with Gasteiger partial charge in [-0.3, -0.25) is 0 Å². The van der Waals surface area contributed by atoms with Gasteiger partial charge in [0.05, 0.1) is 26.5 Å². The molecular weight excluding hydrogens is 640 g/mol. The maximum absolute atomic E-state index is 15.8. The van der Waals surface area contributed by atoms with E-state index in [-0.39, 0.29) is 23.2 Å². The second-order valence-corrected chi connectivity index (χ2v) is 12.6. The van der Waals surface area contributed by atoms with Gasteiger partial charge < -0.3 is 34.6 Å². The van der Waals surface area contributed by atoms with E-state index in [0.29, 0.717) is 28.7 Å². The van der Waals surface area contributed by atoms with Crippen LogP contribution in [0.4, 0.5) is 24.7 Å². The maximum atomic E-state index is 15.8. The normalized spacial score (nSPS) is 15.1. The van der Waals surface area contributed by atoms with Crippen molar-refractivity contribution in [2.45, 2.75) is 23.7 Å². The molecule has 0 saturated carbocycles. The van der Waals surface area contributed by atoms with E-state index in [1.165, 1.54) is 38.5 Å². The van der Waals surface area contributed by atoms with Gasteiger partial charge in [-0.1, -0.05) is 17.7 Å². The van der Waals surface area contributed by atoms with Crippen LogP contribution in [0.1, 0.15) is 12.0 Å². The number of nitrogens with zero attached hydrogens (tertiary/aromatic N) is 4. The van der Waals surface area contributed by atoms with Crippen molar-refractivity contribution in [2.24, 2.45) is 5.92 Å². The molecule has 0 amide bonds. The Labute approximate surface area is 265 Å². The fourth-order valence-corrected chi connectivity index (χ4v) is 6.66. The van der Waals surface area contributed by atoms with Crippen molar-refractivity contribution in [1.29, 1.82) is 0 Å². The van der Waals surface area contributed by atoms with Gasteiger partial charge in [0.2, 0.25) is 11.8 Å². The highest BCUT2D eigenvalue weighted by Crippen LogP contribution is 2.39. The minimum atomic E-state index is -5.00. The summed E-state index contributed by atoms with van der Waals surface area (Å²) in [7, 11) is 5.72. The Hall–Kier alpha value is -3.28. The van der Waals surface area contributed by atoms with Crippen molar-refractivity contribution >= 4 is 41.0 Å². The summed E-state index contributed by atoms with van der Waals surface area (Å²) in [5, 5.41) is 21.7. The number of pyridine rings is 1. The highest BCUT2D eigenvalue weighted by molar-refractivity contribution is 7.92. The van der Waals surface area contributed by atoms with E-state index < -0.39 is 49.9 Å². The summed E-state index contributed by atoms with van der Waals surface area (Å²) in [5.41, 5.74) is 0.384. The molecule has 244 valence electrons. The maximum Gasteiger partial charge on any atom is 0.271 e. The number of aromatic nitrogens is 1. The van der Waals surface area contributed by atoms with Gasteiger partial charge in [-0.05, 0) is 50.7 Å². The van der Waals surface area contributed by atoms with Crippen LogP contribution >= 0.6 is 11.6 Å². The number of ether oxygens (including phenoxy) is 2. The van der Waals surface area contributed by atoms with Gasteiger partial charge in [0.1, 0.15) is 28.2 Å². The van der Waals surface area contributed by atoms with Crippen LogP contribution in [-0.4, -0.2) is 95.3 Å². The SMILES string of the molecule is COc1ccc(CN(c2cccc(F)n2)S(=O)(=O)c2c(F)cc(N3CCC(CN(C)C)C3)c(Cl)c2F)c(OC)c1.[B]C(O)(O)O. The van der Waals surface area contributed by atoms with Gasteiger partial charge in [0.25, 0.3) is 10.0 Å². The van der Waals surface area contributed by atoms with Gasteiger partial charge in [-0.25, -0.2) is 26.5 Å². The molecule has 0 spiro atoms. The highest BCUT2D eigenvalue weighted by Gasteiger charge is 2.36. The number of sulfonamides is 1. The number of hydrogen-bond donors (Lipinski definition) is 3. The number of rotatable bonds is 10. The molecule has 3 N–H and O–H groups in total. The number of benzene rings is 2. The molecular formula is C28H33BClF3N4O7S. The minimum Gasteiger partial charge on any atom is -0.497 e. The van der Waals surface area contributed by atoms with Crippen LogP contribution in [0.15, 0.2) is 47.4 Å². The lowest BCUT2D eigenvalue weighted by atomic mass is 10.1. The second-order valence-electron chi connectivity index (χ2n) is 10.4. The summed E-state index contributed by atoms with van der Waals surface area (Å²) in [6, 6.07) is 9.03. The fourth-order valence-electron chi connectivity index (χ4n) is 4.82. The first-order valence-corrected chi connectivity index (χ1v) is 15.2. The lowest BCUT2D eigenvalue weighted by Crippen LogP contribution is -2.33. The summed E-state index contributed by atoms with van der Waals surface area (Å²) in [6.07, 6.45) is 0.792. The van der Waals surface area contributed by atoms with E-state index in [1.54, 1.807) is 11.0 Å². The molecule has 1 saturated heterocycles. The minimum absolute atomic E-state index is 0.0733. The fraction of sp³-hybridized carbons (Fsp3) is 0.393. The van der Waals surface area contributed by atoms with Gasteiger partial charge >= 0.3 is 0 Å². The Morgan fingerprint density at radius 1 is 1.11 bits per heavy atom. The molecule has 0 bridgehead atoms. The van der Waals surface area contributed by atoms with Crippen LogP contribution in [0.25, 0.3) is 0 Å². The van der Waals surface area contributed by atoms with Gasteiger partial charge in [-0.15, -0.1) is 0 Å². The predicted octanol–water partition coefficient (Wildman–Crippen LogP) is 2.70. The average molecular weight is 673 g/mol. The number of halogens is 4. The molecule has 1 fully saturated rings. The number of methoxy groups -OCH3 is 2. The van der Waals surface area contributed by atoms with Crippen molar-refractivity contribution in [3.05, 3.63) is 70.6 Å². The van der Waals surface area contributed by atoms with Crippen molar-refractivity contribution in [2.75, 3.05) is 57.2 Å². The molecule has 1 unspecified atom stereocenters. The third kappa shape index (κ3) is 9.37. The Bertz CT molecular complexity index is 1590. The van der Waals surface area contributed by atoms with E-state index in [9.17, 15) is 12.8 Å². The number of aliphatic hydroxyl groups is 3. The molecule has 2 radical (unpaired) electrons. The zero-order valence-electron chi connectivity index (χ0n) is 24.9. The monoisotopic (exact) mass is 672 g/mol. The van der Waals surface area contributed by atoms with Crippen LogP contribution in [-0.2, 0) is 16.6 Å². The quantitative estimate of drug-likeness (QED) is 0.128. The lowest BCUT2D eigenvalue weighted by molar-refractivity contribution is -0.243. The first-order chi connectivity index (χ1) is 21.0. The zero-order valence-corrected chi connectivity index (χ0v) is 26.5. The summed E-state index contributed by atoms with van der Waals surface area (Å²) >= 11 is 6.34. The molecule has 1 aromatic heterocycles. The third-order valence-corrected chi connectivity index (χ3v) is 8.81. The van der Waals surface area contributed by atoms with Crippen LogP contribution in [0.3, 0.4) is 0 Å². The molecule has 2 aromatic carbocycles. The summed E-state index contributed by atoms with van der Waals surface area (Å²) in [4.78, 5) is 6.18. The number of anilines is 2. The summed E-state index contributed by atoms with van der Waals surface area (Å²) in [5.74, 6) is -6.18. The molecule has 3 aromatic rings. The Kier molecular flexibility index (Phi) is 12.0. The molecule has 45 heavy (non-hydrogen) atoms. The largest absolute Gasteiger partial charge is 0.497 e. The van der Waals surface area contributed by atoms with Crippen LogP contribution in [0.5, 0.6) is 11.5 Å². The third-order valence-electron chi connectivity index (χ3n) is 6.66. The Balaban J connectivity index is 0.00000102. The van der Waals surface area contributed by atoms with Gasteiger partial charge in [0.15, 0.2) is 18.6 Å². The zero-order chi connectivity index (χ0) is 33.7. The van der Waals surface area contributed by atoms with Crippen molar-refractivity contribution in [1.82, 2.24) is 9.88 Å². The van der Waals surface area contributed by atoms with Crippen LogP contribution in [0.2, 0.25) is 5.02 Å². The lowest BCUT2D eigenvalue weighted by Gasteiger charge is -2.26. The summed E-state index contributed by atoms with van der Waals surface area (Å²) < 4.78 is 84.5. The van der Waals surface area contributed by atoms with Gasteiger partial charge in [-0.2, -0.15) is 4.39 Å². The first kappa shape index (κ1) is 36.2. The van der Waals surface area contributed by atoms with Gasteiger partial charge in [0, 0.05) is 37.3 Å². The topological polar surface area (TPSA) is 136 Å². The van der Waals surface area contributed by atoms with Crippen LogP contribution < -0.4 is 18.7 Å². The van der Waals surface area contributed by atoms with Crippen LogP contribution in [0, 0.1) is 23.5 Å². The summed E-state index contributed by atoms with van der Waals surface area (Å²) in [6.45, 7) is 1.33. The Morgan fingerprint density at radius 2 is 1.78 bits per heavy atom. The van der Waals surface area contributed by atoms with E-state index in [1.807, 2.05) is 19.0 Å². The predicted molar refractivity (Wildman–Crippen MR) is 162 cm³/mol. The molecule has 17 heteroatoms. The molecule has 1 atom stereocenters. The smallest absolute Gasteiger partial charge is 0.271 e. The van der Waals surface area contributed by atoms with Crippen molar-refractivity contribution in [3.63, 3.8) is 0 Å². The standard InChI is InChI=1S/C27H30ClF3N4O4S.CH3BO3/c1-33(2)14-17-10-11-34(15-17)21-13-20(29)27(26(31)25(21)28)40(36,37)35(24-7-5-6-23(30)32-24)16-18-8-9-19(38-3)12-22(18)39-4;2-1(3,4)5/h5-9,12-13,17H,10-11,14-16H2,1-4H3;3-5H. The molecule has 11 nitrogen and oxygen atoms in total. The van der Waals surface area contributed by atoms with E-state index in [4.69, 9.17) is 36.4 Å². The van der Waals surface area contributed by atoms with E-state index in [2.05, 4.69) is 12.8 Å². The van der Waals surface area contributed by atoms with E-state index >= 15 is 8.78 Å². The molecule has 1 aliphatic rings. The molecule has 4 rings (SSSR count). The van der Waals surface area contributed by atoms with Crippen molar-refractivity contribution < 1.29 is 46.4 Å². The molecule has 1 aliphatic heterocycles. The van der Waals surface area contributed by atoms with E-state index in [0.717, 1.165) is 25.1 Å². The highest BCUT2D eigenvalue weighted by atomic mass is 35.5. The average Bonchev–Trinajstić information content (AvgIpc) is 3.40. The number of hydrogen-bond acceptors (Lipinski definition) is 10. The second kappa shape index (κ2) is 14.9. The van der Waals surface area contributed by atoms with Crippen molar-refractivity contribution in [3.8, 4) is 11.5 Å². The first-order valence-electron chi connectivity index (χ1n) is 13.4. The molecule has 0 aliphatic carbocycles. The molecule has 2 heterocycles.